The minimum atomic E-state index is -0.854. The minimum absolute atomic E-state index is 0.184. The Labute approximate surface area is 156 Å². The van der Waals surface area contributed by atoms with Gasteiger partial charge >= 0.3 is 0 Å². The highest BCUT2D eigenvalue weighted by Gasteiger charge is 2.23. The topological polar surface area (TPSA) is 58.2 Å². The second-order valence-electron chi connectivity index (χ2n) is 6.08. The van der Waals surface area contributed by atoms with Gasteiger partial charge in [0.1, 0.15) is 0 Å². The smallest absolute Gasteiger partial charge is 0.263 e. The van der Waals surface area contributed by atoms with Crippen LogP contribution in [0, 0.1) is 13.8 Å². The first kappa shape index (κ1) is 17.9. The molecule has 0 aliphatic carbocycles. The molecule has 0 aliphatic rings. The number of hydrogen-bond acceptors (Lipinski definition) is 4. The molecule has 5 heteroatoms. The van der Waals surface area contributed by atoms with Crippen molar-refractivity contribution in [2.45, 2.75) is 20.0 Å². The SMILES string of the molecule is Cc1ccc(C)c(NC(NC(=O)c2cccs2)C(=O)c2ccccc2)c1. The fraction of sp³-hybridized carbons (Fsp3) is 0.143. The van der Waals surface area contributed by atoms with Crippen molar-refractivity contribution < 1.29 is 9.59 Å². The lowest BCUT2D eigenvalue weighted by Gasteiger charge is -2.21. The third kappa shape index (κ3) is 4.18. The van der Waals surface area contributed by atoms with Gasteiger partial charge in [-0.15, -0.1) is 11.3 Å². The number of nitrogens with one attached hydrogen (secondary N) is 2. The monoisotopic (exact) mass is 364 g/mol. The number of thiophene rings is 1. The molecule has 26 heavy (non-hydrogen) atoms. The quantitative estimate of drug-likeness (QED) is 0.503. The summed E-state index contributed by atoms with van der Waals surface area (Å²) in [4.78, 5) is 26.0. The van der Waals surface area contributed by atoms with Crippen molar-refractivity contribution in [3.05, 3.63) is 87.6 Å². The van der Waals surface area contributed by atoms with E-state index in [2.05, 4.69) is 10.6 Å². The van der Waals surface area contributed by atoms with Crippen molar-refractivity contribution in [2.75, 3.05) is 5.32 Å². The second kappa shape index (κ2) is 7.97. The Morgan fingerprint density at radius 2 is 1.73 bits per heavy atom. The predicted molar refractivity (Wildman–Crippen MR) is 106 cm³/mol. The molecule has 3 rings (SSSR count). The lowest BCUT2D eigenvalue weighted by molar-refractivity contribution is 0.0872. The normalized spacial score (nSPS) is 11.6. The van der Waals surface area contributed by atoms with Crippen LogP contribution in [0.2, 0.25) is 0 Å². The molecule has 132 valence electrons. The molecular formula is C21H20N2O2S. The van der Waals surface area contributed by atoms with E-state index in [0.29, 0.717) is 10.4 Å². The third-order valence-electron chi connectivity index (χ3n) is 4.03. The van der Waals surface area contributed by atoms with E-state index in [1.54, 1.807) is 18.2 Å². The van der Waals surface area contributed by atoms with Gasteiger partial charge in [-0.2, -0.15) is 0 Å². The van der Waals surface area contributed by atoms with Crippen LogP contribution in [-0.4, -0.2) is 17.9 Å². The van der Waals surface area contributed by atoms with Crippen molar-refractivity contribution in [1.82, 2.24) is 5.32 Å². The van der Waals surface area contributed by atoms with Crippen LogP contribution >= 0.6 is 11.3 Å². The molecule has 2 N–H and O–H groups in total. The molecule has 2 aromatic carbocycles. The summed E-state index contributed by atoms with van der Waals surface area (Å²) in [6.07, 6.45) is -0.854. The van der Waals surface area contributed by atoms with E-state index >= 15 is 0 Å². The van der Waals surface area contributed by atoms with Crippen LogP contribution in [0.25, 0.3) is 0 Å². The van der Waals surface area contributed by atoms with Crippen LogP contribution in [0.4, 0.5) is 5.69 Å². The van der Waals surface area contributed by atoms with Crippen LogP contribution in [0.5, 0.6) is 0 Å². The number of carbonyl (C=O) groups excluding carboxylic acids is 2. The number of anilines is 1. The fourth-order valence-corrected chi connectivity index (χ4v) is 3.22. The average molecular weight is 364 g/mol. The Kier molecular flexibility index (Phi) is 5.49. The number of carbonyl (C=O) groups is 2. The number of aryl methyl sites for hydroxylation is 2. The summed E-state index contributed by atoms with van der Waals surface area (Å²) in [6.45, 7) is 3.95. The van der Waals surface area contributed by atoms with Gasteiger partial charge < -0.3 is 10.6 Å². The number of benzene rings is 2. The maximum absolute atomic E-state index is 13.0. The fourth-order valence-electron chi connectivity index (χ4n) is 2.59. The summed E-state index contributed by atoms with van der Waals surface area (Å²) in [5, 5.41) is 7.86. The van der Waals surface area contributed by atoms with E-state index in [-0.39, 0.29) is 11.7 Å². The Bertz CT molecular complexity index is 905. The number of ketones is 1. The molecule has 1 atom stereocenters. The molecular weight excluding hydrogens is 344 g/mol. The number of amides is 1. The Morgan fingerprint density at radius 3 is 2.42 bits per heavy atom. The molecule has 0 aliphatic heterocycles. The Hall–Kier alpha value is -2.92. The van der Waals surface area contributed by atoms with Crippen molar-refractivity contribution in [1.29, 1.82) is 0 Å². The lowest BCUT2D eigenvalue weighted by atomic mass is 10.1. The molecule has 4 nitrogen and oxygen atoms in total. The minimum Gasteiger partial charge on any atom is -0.359 e. The van der Waals surface area contributed by atoms with Crippen LogP contribution in [0.15, 0.2) is 66.0 Å². The number of Topliss-reactive ketones (excluding diaryl/α,β-unsaturated/α-hetero) is 1. The summed E-state index contributed by atoms with van der Waals surface area (Å²) in [5.41, 5.74) is 3.45. The molecule has 0 spiro atoms. The molecule has 0 radical (unpaired) electrons. The van der Waals surface area contributed by atoms with E-state index in [0.717, 1.165) is 16.8 Å². The number of hydrogen-bond donors (Lipinski definition) is 2. The summed E-state index contributed by atoms with van der Waals surface area (Å²) in [6, 6.07) is 18.5. The van der Waals surface area contributed by atoms with E-state index in [1.807, 2.05) is 61.7 Å². The average Bonchev–Trinajstić information content (AvgIpc) is 3.19. The molecule has 0 fully saturated rings. The number of rotatable bonds is 6. The zero-order valence-corrected chi connectivity index (χ0v) is 15.5. The first-order valence-electron chi connectivity index (χ1n) is 8.32. The van der Waals surface area contributed by atoms with E-state index in [1.165, 1.54) is 11.3 Å². The standard InChI is InChI=1S/C21H20N2O2S/c1-14-10-11-15(2)17(13-14)22-20(19(24)16-7-4-3-5-8-16)23-21(25)18-9-6-12-26-18/h3-13,20,22H,1-2H3,(H,23,25). The van der Waals surface area contributed by atoms with Crippen LogP contribution < -0.4 is 10.6 Å². The van der Waals surface area contributed by atoms with Gasteiger partial charge in [0.05, 0.1) is 4.88 Å². The van der Waals surface area contributed by atoms with Crippen LogP contribution in [0.1, 0.15) is 31.2 Å². The first-order chi connectivity index (χ1) is 12.5. The van der Waals surface area contributed by atoms with Gasteiger partial charge in [-0.05, 0) is 42.5 Å². The highest BCUT2D eigenvalue weighted by Crippen LogP contribution is 2.18. The zero-order valence-electron chi connectivity index (χ0n) is 14.7. The lowest BCUT2D eigenvalue weighted by Crippen LogP contribution is -2.46. The van der Waals surface area contributed by atoms with Gasteiger partial charge in [0.15, 0.2) is 6.17 Å². The molecule has 0 bridgehead atoms. The maximum Gasteiger partial charge on any atom is 0.263 e. The summed E-state index contributed by atoms with van der Waals surface area (Å²) < 4.78 is 0. The third-order valence-corrected chi connectivity index (χ3v) is 4.90. The van der Waals surface area contributed by atoms with E-state index < -0.39 is 6.17 Å². The zero-order chi connectivity index (χ0) is 18.5. The van der Waals surface area contributed by atoms with Gasteiger partial charge in [0.2, 0.25) is 5.78 Å². The van der Waals surface area contributed by atoms with Crippen molar-refractivity contribution in [3.63, 3.8) is 0 Å². The van der Waals surface area contributed by atoms with Gasteiger partial charge in [-0.25, -0.2) is 0 Å². The molecule has 1 amide bonds. The second-order valence-corrected chi connectivity index (χ2v) is 7.02. The highest BCUT2D eigenvalue weighted by molar-refractivity contribution is 7.12. The van der Waals surface area contributed by atoms with Crippen LogP contribution in [0.3, 0.4) is 0 Å². The van der Waals surface area contributed by atoms with Gasteiger partial charge in [-0.3, -0.25) is 9.59 Å². The van der Waals surface area contributed by atoms with E-state index in [4.69, 9.17) is 0 Å². The summed E-state index contributed by atoms with van der Waals surface area (Å²) >= 11 is 1.34. The molecule has 0 saturated carbocycles. The highest BCUT2D eigenvalue weighted by atomic mass is 32.1. The summed E-state index contributed by atoms with van der Waals surface area (Å²) in [7, 11) is 0. The Balaban J connectivity index is 1.89. The molecule has 1 heterocycles. The van der Waals surface area contributed by atoms with Gasteiger partial charge in [0.25, 0.3) is 5.91 Å². The molecule has 3 aromatic rings. The predicted octanol–water partition coefficient (Wildman–Crippen LogP) is 4.42. The van der Waals surface area contributed by atoms with Gasteiger partial charge in [-0.1, -0.05) is 48.5 Å². The summed E-state index contributed by atoms with van der Waals surface area (Å²) in [5.74, 6) is -0.455. The largest absolute Gasteiger partial charge is 0.359 e. The van der Waals surface area contributed by atoms with Crippen molar-refractivity contribution in [3.8, 4) is 0 Å². The van der Waals surface area contributed by atoms with Crippen LogP contribution in [-0.2, 0) is 0 Å². The maximum atomic E-state index is 13.0. The molecule has 1 unspecified atom stereocenters. The van der Waals surface area contributed by atoms with Crippen molar-refractivity contribution >= 4 is 28.7 Å². The van der Waals surface area contributed by atoms with E-state index in [9.17, 15) is 9.59 Å². The first-order valence-corrected chi connectivity index (χ1v) is 9.20. The molecule has 1 aromatic heterocycles. The van der Waals surface area contributed by atoms with Crippen molar-refractivity contribution in [2.24, 2.45) is 0 Å². The van der Waals surface area contributed by atoms with Gasteiger partial charge in [0, 0.05) is 11.3 Å². The Morgan fingerprint density at radius 1 is 0.962 bits per heavy atom. The molecule has 0 saturated heterocycles.